The summed E-state index contributed by atoms with van der Waals surface area (Å²) in [5.74, 6) is 0.855. The van der Waals surface area contributed by atoms with Gasteiger partial charge in [0.1, 0.15) is 10.5 Å². The van der Waals surface area contributed by atoms with E-state index in [2.05, 4.69) is 42.0 Å². The molecule has 2 aromatic rings. The number of hydrogen-bond donors (Lipinski definition) is 1. The van der Waals surface area contributed by atoms with E-state index in [-0.39, 0.29) is 0 Å². The number of benzene rings is 1. The average Bonchev–Trinajstić information content (AvgIpc) is 2.27. The van der Waals surface area contributed by atoms with Crippen LogP contribution in [0.5, 0.6) is 0 Å². The highest BCUT2D eigenvalue weighted by Gasteiger charge is 2.06. The van der Waals surface area contributed by atoms with Gasteiger partial charge in [-0.15, -0.1) is 0 Å². The second-order valence-electron chi connectivity index (χ2n) is 4.43. The van der Waals surface area contributed by atoms with Crippen molar-refractivity contribution in [3.05, 3.63) is 45.4 Å². The lowest BCUT2D eigenvalue weighted by Crippen LogP contribution is -1.97. The van der Waals surface area contributed by atoms with E-state index in [4.69, 9.17) is 12.2 Å². The van der Waals surface area contributed by atoms with Gasteiger partial charge in [-0.25, -0.2) is 4.98 Å². The van der Waals surface area contributed by atoms with Crippen molar-refractivity contribution >= 4 is 12.2 Å². The smallest absolute Gasteiger partial charge is 0.133 e. The SMILES string of the molecule is Cc1nc(=S)c(C)c(-c2ccc(C)c(C)c2)[nH]1. The molecule has 0 unspecified atom stereocenters. The molecule has 0 saturated heterocycles. The fourth-order valence-electron chi connectivity index (χ4n) is 1.83. The van der Waals surface area contributed by atoms with Crippen molar-refractivity contribution in [2.24, 2.45) is 0 Å². The van der Waals surface area contributed by atoms with Gasteiger partial charge in [0.2, 0.25) is 0 Å². The van der Waals surface area contributed by atoms with Crippen LogP contribution < -0.4 is 0 Å². The number of rotatable bonds is 1. The Morgan fingerprint density at radius 3 is 2.41 bits per heavy atom. The summed E-state index contributed by atoms with van der Waals surface area (Å²) >= 11 is 5.26. The Balaban J connectivity index is 2.68. The lowest BCUT2D eigenvalue weighted by atomic mass is 10.0. The molecule has 2 rings (SSSR count). The minimum Gasteiger partial charge on any atom is -0.343 e. The van der Waals surface area contributed by atoms with E-state index in [1.54, 1.807) is 0 Å². The van der Waals surface area contributed by atoms with Crippen LogP contribution >= 0.6 is 12.2 Å². The zero-order valence-electron chi connectivity index (χ0n) is 10.6. The molecule has 0 fully saturated rings. The molecule has 1 aromatic carbocycles. The number of aryl methyl sites for hydroxylation is 3. The largest absolute Gasteiger partial charge is 0.343 e. The van der Waals surface area contributed by atoms with Crippen LogP contribution in [0.4, 0.5) is 0 Å². The molecule has 1 aromatic heterocycles. The van der Waals surface area contributed by atoms with Gasteiger partial charge >= 0.3 is 0 Å². The highest BCUT2D eigenvalue weighted by Crippen LogP contribution is 2.23. The summed E-state index contributed by atoms with van der Waals surface area (Å²) in [6, 6.07) is 6.44. The van der Waals surface area contributed by atoms with Crippen molar-refractivity contribution in [2.75, 3.05) is 0 Å². The van der Waals surface area contributed by atoms with Crippen molar-refractivity contribution < 1.29 is 0 Å². The zero-order valence-corrected chi connectivity index (χ0v) is 11.4. The van der Waals surface area contributed by atoms with Crippen LogP contribution in [0.1, 0.15) is 22.5 Å². The molecule has 0 saturated carbocycles. The number of aromatic nitrogens is 2. The Kier molecular flexibility index (Phi) is 3.11. The summed E-state index contributed by atoms with van der Waals surface area (Å²) in [6.07, 6.45) is 0. The van der Waals surface area contributed by atoms with Crippen LogP contribution in [0, 0.1) is 32.3 Å². The second-order valence-corrected chi connectivity index (χ2v) is 4.81. The van der Waals surface area contributed by atoms with Crippen LogP contribution in [-0.2, 0) is 0 Å². The van der Waals surface area contributed by atoms with Gasteiger partial charge in [0, 0.05) is 5.56 Å². The highest BCUT2D eigenvalue weighted by molar-refractivity contribution is 7.71. The lowest BCUT2D eigenvalue weighted by Gasteiger charge is -2.09. The van der Waals surface area contributed by atoms with Crippen LogP contribution in [0.3, 0.4) is 0 Å². The molecule has 17 heavy (non-hydrogen) atoms. The molecule has 1 N–H and O–H groups in total. The van der Waals surface area contributed by atoms with Crippen molar-refractivity contribution in [3.8, 4) is 11.3 Å². The standard InChI is InChI=1S/C14H16N2S/c1-8-5-6-12(7-9(8)2)13-10(3)14(17)16-11(4)15-13/h5-7H,1-4H3,(H,15,16,17). The van der Waals surface area contributed by atoms with Crippen molar-refractivity contribution in [1.82, 2.24) is 9.97 Å². The van der Waals surface area contributed by atoms with E-state index in [0.29, 0.717) is 4.64 Å². The van der Waals surface area contributed by atoms with Gasteiger partial charge in [-0.2, -0.15) is 0 Å². The molecule has 0 aliphatic carbocycles. The van der Waals surface area contributed by atoms with E-state index in [1.807, 2.05) is 13.8 Å². The molecule has 0 aliphatic rings. The molecule has 2 nitrogen and oxygen atoms in total. The molecule has 1 heterocycles. The van der Waals surface area contributed by atoms with Gasteiger partial charge in [-0.05, 0) is 50.5 Å². The van der Waals surface area contributed by atoms with Gasteiger partial charge in [-0.3, -0.25) is 0 Å². The van der Waals surface area contributed by atoms with Crippen LogP contribution in [-0.4, -0.2) is 9.97 Å². The summed E-state index contributed by atoms with van der Waals surface area (Å²) < 4.78 is 0.675. The first kappa shape index (κ1) is 12.0. The van der Waals surface area contributed by atoms with E-state index in [0.717, 1.165) is 17.1 Å². The third-order valence-electron chi connectivity index (χ3n) is 3.07. The third kappa shape index (κ3) is 2.29. The van der Waals surface area contributed by atoms with E-state index < -0.39 is 0 Å². The lowest BCUT2D eigenvalue weighted by molar-refractivity contribution is 1.02. The fourth-order valence-corrected chi connectivity index (χ4v) is 2.07. The first-order valence-corrected chi connectivity index (χ1v) is 6.05. The number of nitrogens with zero attached hydrogens (tertiary/aromatic N) is 1. The Morgan fingerprint density at radius 2 is 1.76 bits per heavy atom. The van der Waals surface area contributed by atoms with Crippen molar-refractivity contribution in [2.45, 2.75) is 27.7 Å². The molecule has 0 atom stereocenters. The van der Waals surface area contributed by atoms with Gasteiger partial charge in [0.05, 0.1) is 5.69 Å². The van der Waals surface area contributed by atoms with Crippen LogP contribution in [0.15, 0.2) is 18.2 Å². The maximum atomic E-state index is 5.26. The summed E-state index contributed by atoms with van der Waals surface area (Å²) in [7, 11) is 0. The Labute approximate surface area is 107 Å². The summed E-state index contributed by atoms with van der Waals surface area (Å²) in [6.45, 7) is 8.18. The molecule has 0 bridgehead atoms. The summed E-state index contributed by atoms with van der Waals surface area (Å²) in [4.78, 5) is 7.56. The maximum absolute atomic E-state index is 5.26. The number of nitrogens with one attached hydrogen (secondary N) is 1. The Morgan fingerprint density at radius 1 is 1.06 bits per heavy atom. The molecule has 0 spiro atoms. The third-order valence-corrected chi connectivity index (χ3v) is 3.46. The van der Waals surface area contributed by atoms with Gasteiger partial charge in [0.15, 0.2) is 0 Å². The molecule has 3 heteroatoms. The Bertz CT molecular complexity index is 627. The van der Waals surface area contributed by atoms with Crippen molar-refractivity contribution in [1.29, 1.82) is 0 Å². The zero-order chi connectivity index (χ0) is 12.6. The normalized spacial score (nSPS) is 10.6. The van der Waals surface area contributed by atoms with Gasteiger partial charge in [0.25, 0.3) is 0 Å². The topological polar surface area (TPSA) is 28.7 Å². The summed E-state index contributed by atoms with van der Waals surface area (Å²) in [5, 5.41) is 0. The molecule has 0 amide bonds. The second kappa shape index (κ2) is 4.41. The first-order chi connectivity index (χ1) is 7.99. The average molecular weight is 244 g/mol. The molecule has 0 aliphatic heterocycles. The number of H-pyrrole nitrogens is 1. The Hall–Kier alpha value is -1.48. The number of hydrogen-bond acceptors (Lipinski definition) is 2. The predicted molar refractivity (Wildman–Crippen MR) is 73.8 cm³/mol. The fraction of sp³-hybridized carbons (Fsp3) is 0.286. The quantitative estimate of drug-likeness (QED) is 0.767. The minimum atomic E-state index is 0.675. The molecule has 88 valence electrons. The predicted octanol–water partition coefficient (Wildman–Crippen LogP) is 4.04. The highest BCUT2D eigenvalue weighted by atomic mass is 32.1. The first-order valence-electron chi connectivity index (χ1n) is 5.64. The van der Waals surface area contributed by atoms with Crippen LogP contribution in [0.2, 0.25) is 0 Å². The van der Waals surface area contributed by atoms with E-state index >= 15 is 0 Å². The van der Waals surface area contributed by atoms with Crippen molar-refractivity contribution in [3.63, 3.8) is 0 Å². The molecular formula is C14H16N2S. The monoisotopic (exact) mass is 244 g/mol. The van der Waals surface area contributed by atoms with E-state index in [9.17, 15) is 0 Å². The van der Waals surface area contributed by atoms with E-state index in [1.165, 1.54) is 16.7 Å². The van der Waals surface area contributed by atoms with Gasteiger partial charge < -0.3 is 4.98 Å². The van der Waals surface area contributed by atoms with Gasteiger partial charge in [-0.1, -0.05) is 24.4 Å². The summed E-state index contributed by atoms with van der Waals surface area (Å²) in [5.41, 5.74) is 5.87. The minimum absolute atomic E-state index is 0.675. The van der Waals surface area contributed by atoms with Crippen LogP contribution in [0.25, 0.3) is 11.3 Å². The maximum Gasteiger partial charge on any atom is 0.133 e. The molecular weight excluding hydrogens is 228 g/mol. The number of aromatic amines is 1. The molecule has 0 radical (unpaired) electrons.